The summed E-state index contributed by atoms with van der Waals surface area (Å²) in [7, 11) is 0. The minimum atomic E-state index is -0.369. The van der Waals surface area contributed by atoms with Crippen molar-refractivity contribution in [1.29, 1.82) is 0 Å². The molecule has 2 fully saturated rings. The zero-order chi connectivity index (χ0) is 30.3. The van der Waals surface area contributed by atoms with Gasteiger partial charge in [-0.05, 0) is 110 Å². The average molecular weight is 591 g/mol. The number of hydrogen-bond acceptors (Lipinski definition) is 8. The van der Waals surface area contributed by atoms with E-state index >= 15 is 0 Å². The highest BCUT2D eigenvalue weighted by atomic mass is 16.7. The van der Waals surface area contributed by atoms with Gasteiger partial charge < -0.3 is 23.7 Å². The van der Waals surface area contributed by atoms with Crippen molar-refractivity contribution in [2.75, 3.05) is 20.0 Å². The van der Waals surface area contributed by atoms with Gasteiger partial charge in [0, 0.05) is 18.9 Å². The Morgan fingerprint density at radius 3 is 2.02 bits per heavy atom. The summed E-state index contributed by atoms with van der Waals surface area (Å²) >= 11 is 0. The molecule has 2 aromatic carbocycles. The first-order valence-electron chi connectivity index (χ1n) is 15.5. The van der Waals surface area contributed by atoms with Gasteiger partial charge >= 0.3 is 17.9 Å². The number of fused-ring (bicyclic) bond motifs is 3. The van der Waals surface area contributed by atoms with E-state index < -0.39 is 0 Å². The molecule has 0 saturated heterocycles. The van der Waals surface area contributed by atoms with Crippen molar-refractivity contribution in [1.82, 2.24) is 0 Å². The van der Waals surface area contributed by atoms with Crippen molar-refractivity contribution in [2.45, 2.75) is 77.2 Å². The smallest absolute Gasteiger partial charge is 0.330 e. The first-order valence-corrected chi connectivity index (χ1v) is 15.5. The van der Waals surface area contributed by atoms with Gasteiger partial charge in [0.25, 0.3) is 0 Å². The van der Waals surface area contributed by atoms with Crippen molar-refractivity contribution < 1.29 is 38.1 Å². The van der Waals surface area contributed by atoms with E-state index in [0.717, 1.165) is 73.8 Å². The molecule has 2 aromatic rings. The highest BCUT2D eigenvalue weighted by Crippen LogP contribution is 2.47. The number of carbonyl (C=O) groups is 3. The second kappa shape index (κ2) is 14.2. The van der Waals surface area contributed by atoms with E-state index in [1.54, 1.807) is 0 Å². The van der Waals surface area contributed by atoms with Crippen LogP contribution in [0.5, 0.6) is 11.5 Å². The third-order valence-corrected chi connectivity index (χ3v) is 9.14. The number of ether oxygens (including phenoxy) is 5. The van der Waals surface area contributed by atoms with Crippen LogP contribution in [-0.4, -0.2) is 44.0 Å². The van der Waals surface area contributed by atoms with Crippen LogP contribution in [0.15, 0.2) is 49.1 Å². The normalized spacial score (nSPS) is 24.3. The summed E-state index contributed by atoms with van der Waals surface area (Å²) in [6.45, 7) is 8.07. The first kappa shape index (κ1) is 30.8. The molecular weight excluding hydrogens is 548 g/mol. The van der Waals surface area contributed by atoms with Gasteiger partial charge in [0.05, 0.1) is 25.2 Å². The van der Waals surface area contributed by atoms with E-state index in [1.807, 2.05) is 24.3 Å². The van der Waals surface area contributed by atoms with Crippen LogP contribution in [0, 0.1) is 17.8 Å². The minimum absolute atomic E-state index is 0.129. The van der Waals surface area contributed by atoms with Gasteiger partial charge in [-0.15, -0.1) is 0 Å². The zero-order valence-corrected chi connectivity index (χ0v) is 25.2. The molecule has 3 aliphatic rings. The Morgan fingerprint density at radius 1 is 0.814 bits per heavy atom. The number of carbonyl (C=O) groups excluding carboxylic acids is 3. The summed E-state index contributed by atoms with van der Waals surface area (Å²) in [6.07, 6.45) is 8.30. The maximum absolute atomic E-state index is 12.9. The van der Waals surface area contributed by atoms with E-state index in [2.05, 4.69) is 25.6 Å². The largest absolute Gasteiger partial charge is 0.468 e. The van der Waals surface area contributed by atoms with Crippen LogP contribution >= 0.6 is 0 Å². The molecule has 0 N–H and O–H groups in total. The van der Waals surface area contributed by atoms with Gasteiger partial charge in [0.1, 0.15) is 11.5 Å². The number of rotatable bonds is 11. The Kier molecular flexibility index (Phi) is 10.2. The lowest BCUT2D eigenvalue weighted by Crippen LogP contribution is -2.27. The summed E-state index contributed by atoms with van der Waals surface area (Å²) in [6, 6.07) is 12.0. The fourth-order valence-corrected chi connectivity index (χ4v) is 6.53. The molecule has 2 saturated carbocycles. The van der Waals surface area contributed by atoms with E-state index in [4.69, 9.17) is 23.7 Å². The lowest BCUT2D eigenvalue weighted by atomic mass is 9.82. The molecule has 0 aromatic heterocycles. The monoisotopic (exact) mass is 590 g/mol. The quantitative estimate of drug-likeness (QED) is 0.123. The van der Waals surface area contributed by atoms with Gasteiger partial charge in [-0.1, -0.05) is 25.6 Å². The predicted octanol–water partition coefficient (Wildman–Crippen LogP) is 6.73. The molecule has 5 rings (SSSR count). The first-order chi connectivity index (χ1) is 20.8. The van der Waals surface area contributed by atoms with Crippen molar-refractivity contribution in [3.8, 4) is 22.6 Å². The molecular formula is C35H42O8. The molecule has 1 unspecified atom stereocenters. The van der Waals surface area contributed by atoms with Crippen LogP contribution in [0.25, 0.3) is 11.1 Å². The molecule has 0 radical (unpaired) electrons. The molecule has 1 atom stereocenters. The zero-order valence-electron chi connectivity index (χ0n) is 25.2. The maximum atomic E-state index is 12.9. The summed E-state index contributed by atoms with van der Waals surface area (Å²) in [5.74, 6) is 1.21. The molecule has 0 aliphatic heterocycles. The minimum Gasteiger partial charge on any atom is -0.468 e. The van der Waals surface area contributed by atoms with Crippen molar-refractivity contribution in [3.05, 3.63) is 60.2 Å². The summed E-state index contributed by atoms with van der Waals surface area (Å²) in [5.41, 5.74) is 4.62. The second-order valence-electron chi connectivity index (χ2n) is 12.1. The Labute approximate surface area is 253 Å². The van der Waals surface area contributed by atoms with Gasteiger partial charge in [0.15, 0.2) is 6.79 Å². The van der Waals surface area contributed by atoms with Crippen LogP contribution < -0.4 is 9.47 Å². The Hall–Kier alpha value is -3.65. The average Bonchev–Trinajstić information content (AvgIpc) is 3.30. The predicted molar refractivity (Wildman–Crippen MR) is 161 cm³/mol. The van der Waals surface area contributed by atoms with Crippen molar-refractivity contribution in [3.63, 3.8) is 0 Å². The van der Waals surface area contributed by atoms with E-state index in [-0.39, 0.29) is 42.6 Å². The summed E-state index contributed by atoms with van der Waals surface area (Å²) < 4.78 is 28.1. The third kappa shape index (κ3) is 7.85. The van der Waals surface area contributed by atoms with Crippen LogP contribution in [0.3, 0.4) is 0 Å². The molecule has 0 bridgehead atoms. The highest BCUT2D eigenvalue weighted by Gasteiger charge is 2.30. The lowest BCUT2D eigenvalue weighted by Gasteiger charge is -2.28. The molecule has 230 valence electrons. The van der Waals surface area contributed by atoms with Crippen LogP contribution in [0.1, 0.15) is 82.3 Å². The van der Waals surface area contributed by atoms with E-state index in [9.17, 15) is 14.4 Å². The molecule has 8 heteroatoms. The van der Waals surface area contributed by atoms with Gasteiger partial charge in [-0.2, -0.15) is 0 Å². The number of hydrogen-bond donors (Lipinski definition) is 0. The molecule has 8 nitrogen and oxygen atoms in total. The van der Waals surface area contributed by atoms with E-state index in [0.29, 0.717) is 30.8 Å². The molecule has 43 heavy (non-hydrogen) atoms. The van der Waals surface area contributed by atoms with Crippen LogP contribution in [-0.2, 0) is 28.6 Å². The lowest BCUT2D eigenvalue weighted by molar-refractivity contribution is -0.145. The summed E-state index contributed by atoms with van der Waals surface area (Å²) in [5, 5.41) is 0. The van der Waals surface area contributed by atoms with Gasteiger partial charge in [-0.3, -0.25) is 9.59 Å². The standard InChI is InChI=1S/C35H42O8/c1-4-34(37)40-20-25-7-11-27(12-8-25)41-21-42-28-13-15-30-31-16-14-29(18-33(31)22(2)32(30)17-28)43-35(38)26-9-5-24(6-10-26)19-39-23(3)36/h4,13-18,22,24-27H,1,5-12,19-21H2,2-3H3. The fourth-order valence-electron chi connectivity index (χ4n) is 6.53. The molecule has 0 spiro atoms. The SMILES string of the molecule is C=CC(=O)OCC1CCC(OCOc2ccc3c(c2)C(C)c2cc(OC(=O)C4CCC(COC(C)=O)CC4)ccc2-3)CC1. The highest BCUT2D eigenvalue weighted by molar-refractivity contribution is 5.82. The van der Waals surface area contributed by atoms with Crippen molar-refractivity contribution in [2.24, 2.45) is 17.8 Å². The number of esters is 3. The molecule has 0 heterocycles. The molecule has 3 aliphatic carbocycles. The van der Waals surface area contributed by atoms with Gasteiger partial charge in [-0.25, -0.2) is 4.79 Å². The van der Waals surface area contributed by atoms with Gasteiger partial charge in [0.2, 0.25) is 0 Å². The van der Waals surface area contributed by atoms with E-state index in [1.165, 1.54) is 18.6 Å². The Bertz CT molecular complexity index is 1320. The topological polar surface area (TPSA) is 97.4 Å². The maximum Gasteiger partial charge on any atom is 0.330 e. The van der Waals surface area contributed by atoms with Crippen LogP contribution in [0.4, 0.5) is 0 Å². The summed E-state index contributed by atoms with van der Waals surface area (Å²) in [4.78, 5) is 35.3. The molecule has 0 amide bonds. The Balaban J connectivity index is 1.09. The Morgan fingerprint density at radius 2 is 1.40 bits per heavy atom. The number of benzene rings is 2. The fraction of sp³-hybridized carbons (Fsp3) is 0.514. The van der Waals surface area contributed by atoms with Crippen molar-refractivity contribution >= 4 is 17.9 Å². The third-order valence-electron chi connectivity index (χ3n) is 9.14. The second-order valence-corrected chi connectivity index (χ2v) is 12.1. The van der Waals surface area contributed by atoms with Crippen LogP contribution in [0.2, 0.25) is 0 Å².